The molecule has 0 amide bonds. The molecule has 2 nitrogen and oxygen atoms in total. The van der Waals surface area contributed by atoms with Gasteiger partial charge in [-0.05, 0) is 97.1 Å². The first-order chi connectivity index (χ1) is 26.3. The van der Waals surface area contributed by atoms with Crippen LogP contribution in [0, 0.1) is 0 Å². The third-order valence-corrected chi connectivity index (χ3v) is 11.8. The van der Waals surface area contributed by atoms with Crippen molar-refractivity contribution in [2.75, 3.05) is 4.90 Å². The molecule has 10 aromatic rings. The van der Waals surface area contributed by atoms with Crippen molar-refractivity contribution in [1.82, 2.24) is 0 Å². The molecule has 0 N–H and O–H groups in total. The lowest BCUT2D eigenvalue weighted by Gasteiger charge is -2.33. The number of anilines is 3. The highest BCUT2D eigenvalue weighted by Crippen LogP contribution is 2.66. The van der Waals surface area contributed by atoms with Gasteiger partial charge in [0.2, 0.25) is 0 Å². The Labute approximate surface area is 306 Å². The molecule has 1 aromatic heterocycles. The van der Waals surface area contributed by atoms with Crippen LogP contribution in [0.2, 0.25) is 0 Å². The molecule has 246 valence electrons. The number of benzene rings is 9. The van der Waals surface area contributed by atoms with Crippen molar-refractivity contribution in [3.8, 4) is 22.3 Å². The molecule has 1 heterocycles. The Balaban J connectivity index is 1.28. The number of hydrogen-bond donors (Lipinski definition) is 0. The van der Waals surface area contributed by atoms with Gasteiger partial charge in [0.15, 0.2) is 0 Å². The van der Waals surface area contributed by atoms with Crippen molar-refractivity contribution in [2.45, 2.75) is 5.41 Å². The first-order valence-electron chi connectivity index (χ1n) is 18.4. The first-order valence-corrected chi connectivity index (χ1v) is 18.4. The maximum absolute atomic E-state index is 6.49. The summed E-state index contributed by atoms with van der Waals surface area (Å²) in [5.41, 5.74) is 15.2. The monoisotopic (exact) mass is 673 g/mol. The molecule has 0 atom stereocenters. The number of para-hydroxylation sites is 2. The van der Waals surface area contributed by atoms with Gasteiger partial charge in [-0.3, -0.25) is 0 Å². The van der Waals surface area contributed by atoms with Crippen LogP contribution in [0.3, 0.4) is 0 Å². The van der Waals surface area contributed by atoms with Gasteiger partial charge >= 0.3 is 0 Å². The quantitative estimate of drug-likeness (QED) is 0.186. The van der Waals surface area contributed by atoms with Crippen molar-refractivity contribution in [3.05, 3.63) is 210 Å². The molecule has 0 bridgehead atoms. The summed E-state index contributed by atoms with van der Waals surface area (Å²) in [7, 11) is 0. The predicted octanol–water partition coefficient (Wildman–Crippen LogP) is 13.7. The number of rotatable bonds is 3. The number of hydrogen-bond acceptors (Lipinski definition) is 2. The minimum absolute atomic E-state index is 0.503. The zero-order chi connectivity index (χ0) is 34.7. The average Bonchev–Trinajstić information content (AvgIpc) is 3.86. The SMILES string of the molecule is c1ccc(N(c2cc3c(c4ccccc24)-c2c(ccc4ccccc24)C32c3ccccc3-c3ccccc32)c2cccc3oc4ccccc4c23)cc1. The minimum Gasteiger partial charge on any atom is -0.456 e. The average molecular weight is 674 g/mol. The van der Waals surface area contributed by atoms with E-state index in [4.69, 9.17) is 4.42 Å². The lowest BCUT2D eigenvalue weighted by Crippen LogP contribution is -2.26. The maximum atomic E-state index is 6.49. The molecule has 0 aliphatic heterocycles. The minimum atomic E-state index is -0.503. The fourth-order valence-corrected chi connectivity index (χ4v) is 9.85. The summed E-state index contributed by atoms with van der Waals surface area (Å²) in [6, 6.07) is 69.0. The Morgan fingerprint density at radius 2 is 0.981 bits per heavy atom. The molecule has 12 rings (SSSR count). The van der Waals surface area contributed by atoms with Crippen LogP contribution < -0.4 is 4.90 Å². The van der Waals surface area contributed by atoms with Gasteiger partial charge in [-0.2, -0.15) is 0 Å². The van der Waals surface area contributed by atoms with Crippen LogP contribution in [-0.2, 0) is 5.41 Å². The molecule has 2 heteroatoms. The van der Waals surface area contributed by atoms with E-state index in [9.17, 15) is 0 Å². The van der Waals surface area contributed by atoms with E-state index in [0.29, 0.717) is 0 Å². The number of furan rings is 1. The van der Waals surface area contributed by atoms with E-state index in [1.165, 1.54) is 66.1 Å². The molecule has 0 saturated heterocycles. The normalized spacial score (nSPS) is 13.4. The van der Waals surface area contributed by atoms with Gasteiger partial charge in [-0.1, -0.05) is 152 Å². The van der Waals surface area contributed by atoms with Gasteiger partial charge in [-0.25, -0.2) is 0 Å². The van der Waals surface area contributed by atoms with Crippen molar-refractivity contribution in [1.29, 1.82) is 0 Å². The molecule has 2 aliphatic rings. The summed E-state index contributed by atoms with van der Waals surface area (Å²) >= 11 is 0. The molecule has 0 fully saturated rings. The summed E-state index contributed by atoms with van der Waals surface area (Å²) in [6.07, 6.45) is 0. The number of nitrogens with zero attached hydrogens (tertiary/aromatic N) is 1. The standard InChI is InChI=1S/C51H31NO/c1-2-16-33(17-3-1)52(44-26-14-28-47-50(44)39-23-10-13-27-46(39)53-47)45-31-43-49(38-22-7-6-21-37(38)45)48-34-18-5-4-15-32(34)29-30-42(48)51(43)40-24-11-8-19-35(40)36-20-9-12-25-41(36)51/h1-31H. The van der Waals surface area contributed by atoms with E-state index < -0.39 is 5.41 Å². The van der Waals surface area contributed by atoms with Crippen molar-refractivity contribution in [3.63, 3.8) is 0 Å². The van der Waals surface area contributed by atoms with Crippen LogP contribution in [0.4, 0.5) is 17.1 Å². The number of fused-ring (bicyclic) bond motifs is 17. The van der Waals surface area contributed by atoms with Crippen LogP contribution in [0.15, 0.2) is 192 Å². The first kappa shape index (κ1) is 28.8. The Morgan fingerprint density at radius 1 is 0.377 bits per heavy atom. The fraction of sp³-hybridized carbons (Fsp3) is 0.0196. The summed E-state index contributed by atoms with van der Waals surface area (Å²) in [5.74, 6) is 0. The van der Waals surface area contributed by atoms with Crippen LogP contribution in [0.5, 0.6) is 0 Å². The molecule has 0 unspecified atom stereocenters. The predicted molar refractivity (Wildman–Crippen MR) is 220 cm³/mol. The molecule has 1 spiro atoms. The van der Waals surface area contributed by atoms with Gasteiger partial charge in [-0.15, -0.1) is 0 Å². The molecule has 2 aliphatic carbocycles. The Kier molecular flexibility index (Phi) is 5.73. The smallest absolute Gasteiger partial charge is 0.137 e. The van der Waals surface area contributed by atoms with Crippen LogP contribution in [-0.4, -0.2) is 0 Å². The molecule has 9 aromatic carbocycles. The third kappa shape index (κ3) is 3.67. The van der Waals surface area contributed by atoms with Crippen LogP contribution >= 0.6 is 0 Å². The zero-order valence-corrected chi connectivity index (χ0v) is 28.8. The molecular formula is C51H31NO. The highest BCUT2D eigenvalue weighted by molar-refractivity contribution is 6.19. The second kappa shape index (κ2) is 10.6. The van der Waals surface area contributed by atoms with Crippen molar-refractivity contribution >= 4 is 60.5 Å². The molecule has 0 saturated carbocycles. The second-order valence-electron chi connectivity index (χ2n) is 14.3. The Morgan fingerprint density at radius 3 is 1.77 bits per heavy atom. The highest BCUT2D eigenvalue weighted by atomic mass is 16.3. The van der Waals surface area contributed by atoms with E-state index in [1.54, 1.807) is 0 Å². The fourth-order valence-electron chi connectivity index (χ4n) is 9.85. The van der Waals surface area contributed by atoms with Crippen LogP contribution in [0.1, 0.15) is 22.3 Å². The summed E-state index contributed by atoms with van der Waals surface area (Å²) in [6.45, 7) is 0. The summed E-state index contributed by atoms with van der Waals surface area (Å²) < 4.78 is 6.49. The van der Waals surface area contributed by atoms with Gasteiger partial charge in [0.05, 0.1) is 22.2 Å². The maximum Gasteiger partial charge on any atom is 0.137 e. The summed E-state index contributed by atoms with van der Waals surface area (Å²) in [5, 5.41) is 7.22. The molecule has 53 heavy (non-hydrogen) atoms. The van der Waals surface area contributed by atoms with E-state index >= 15 is 0 Å². The van der Waals surface area contributed by atoms with Crippen molar-refractivity contribution in [2.24, 2.45) is 0 Å². The van der Waals surface area contributed by atoms with Gasteiger partial charge in [0, 0.05) is 16.5 Å². The lowest BCUT2D eigenvalue weighted by atomic mass is 9.70. The molecular weight excluding hydrogens is 643 g/mol. The summed E-state index contributed by atoms with van der Waals surface area (Å²) in [4.78, 5) is 2.47. The van der Waals surface area contributed by atoms with E-state index in [0.717, 1.165) is 39.0 Å². The van der Waals surface area contributed by atoms with Gasteiger partial charge in [0.25, 0.3) is 0 Å². The zero-order valence-electron chi connectivity index (χ0n) is 28.8. The molecule has 0 radical (unpaired) electrons. The van der Waals surface area contributed by atoms with E-state index in [2.05, 4.69) is 187 Å². The van der Waals surface area contributed by atoms with Crippen LogP contribution in [0.25, 0.3) is 65.7 Å². The van der Waals surface area contributed by atoms with E-state index in [1.807, 2.05) is 6.07 Å². The highest BCUT2D eigenvalue weighted by Gasteiger charge is 2.52. The van der Waals surface area contributed by atoms with E-state index in [-0.39, 0.29) is 0 Å². The van der Waals surface area contributed by atoms with Crippen molar-refractivity contribution < 1.29 is 4.42 Å². The lowest BCUT2D eigenvalue weighted by molar-refractivity contribution is 0.669. The Bertz CT molecular complexity index is 3090. The topological polar surface area (TPSA) is 16.4 Å². The largest absolute Gasteiger partial charge is 0.456 e. The Hall–Kier alpha value is -6.90. The van der Waals surface area contributed by atoms with Gasteiger partial charge < -0.3 is 9.32 Å². The third-order valence-electron chi connectivity index (χ3n) is 11.8. The second-order valence-corrected chi connectivity index (χ2v) is 14.3. The van der Waals surface area contributed by atoms with Gasteiger partial charge in [0.1, 0.15) is 11.2 Å².